The summed E-state index contributed by atoms with van der Waals surface area (Å²) < 4.78 is 13.5. The lowest BCUT2D eigenvalue weighted by Crippen LogP contribution is -2.53. The molecular formula is C13H19FN2. The SMILES string of the molecule is CC1CN(Cc2ccccc2F)[C@H](C)CN1. The van der Waals surface area contributed by atoms with Crippen LogP contribution in [-0.2, 0) is 6.54 Å². The smallest absolute Gasteiger partial charge is 0.127 e. The Balaban J connectivity index is 2.06. The molecule has 1 saturated heterocycles. The summed E-state index contributed by atoms with van der Waals surface area (Å²) in [5.41, 5.74) is 0.795. The number of nitrogens with zero attached hydrogens (tertiary/aromatic N) is 1. The Morgan fingerprint density at radius 1 is 1.38 bits per heavy atom. The molecule has 16 heavy (non-hydrogen) atoms. The minimum absolute atomic E-state index is 0.0964. The zero-order valence-electron chi connectivity index (χ0n) is 9.91. The van der Waals surface area contributed by atoms with Crippen LogP contribution in [-0.4, -0.2) is 30.1 Å². The Morgan fingerprint density at radius 2 is 2.12 bits per heavy atom. The normalized spacial score (nSPS) is 26.9. The maximum atomic E-state index is 13.5. The van der Waals surface area contributed by atoms with Crippen molar-refractivity contribution in [3.05, 3.63) is 35.6 Å². The number of nitrogens with one attached hydrogen (secondary N) is 1. The molecule has 1 fully saturated rings. The monoisotopic (exact) mass is 222 g/mol. The Labute approximate surface area is 96.5 Å². The van der Waals surface area contributed by atoms with Crippen molar-refractivity contribution in [3.63, 3.8) is 0 Å². The molecule has 0 spiro atoms. The van der Waals surface area contributed by atoms with Gasteiger partial charge in [-0.25, -0.2) is 4.39 Å². The van der Waals surface area contributed by atoms with Crippen LogP contribution in [0.4, 0.5) is 4.39 Å². The Hall–Kier alpha value is -0.930. The summed E-state index contributed by atoms with van der Waals surface area (Å²) in [6, 6.07) is 8.00. The molecule has 0 bridgehead atoms. The Morgan fingerprint density at radius 3 is 2.88 bits per heavy atom. The molecule has 1 aromatic carbocycles. The van der Waals surface area contributed by atoms with Crippen molar-refractivity contribution >= 4 is 0 Å². The fourth-order valence-electron chi connectivity index (χ4n) is 2.16. The van der Waals surface area contributed by atoms with E-state index >= 15 is 0 Å². The minimum Gasteiger partial charge on any atom is -0.311 e. The lowest BCUT2D eigenvalue weighted by atomic mass is 10.1. The number of piperazine rings is 1. The summed E-state index contributed by atoms with van der Waals surface area (Å²) in [6.45, 7) is 7.02. The molecule has 3 heteroatoms. The number of hydrogen-bond donors (Lipinski definition) is 1. The summed E-state index contributed by atoms with van der Waals surface area (Å²) >= 11 is 0. The van der Waals surface area contributed by atoms with E-state index in [4.69, 9.17) is 0 Å². The second kappa shape index (κ2) is 4.93. The molecule has 1 aromatic rings. The van der Waals surface area contributed by atoms with Gasteiger partial charge in [0.25, 0.3) is 0 Å². The van der Waals surface area contributed by atoms with Gasteiger partial charge in [0.1, 0.15) is 5.82 Å². The van der Waals surface area contributed by atoms with Crippen molar-refractivity contribution in [1.82, 2.24) is 10.2 Å². The maximum absolute atomic E-state index is 13.5. The van der Waals surface area contributed by atoms with Gasteiger partial charge in [-0.1, -0.05) is 18.2 Å². The maximum Gasteiger partial charge on any atom is 0.127 e. The highest BCUT2D eigenvalue weighted by atomic mass is 19.1. The molecule has 1 unspecified atom stereocenters. The molecule has 0 amide bonds. The van der Waals surface area contributed by atoms with Crippen LogP contribution in [0.15, 0.2) is 24.3 Å². The van der Waals surface area contributed by atoms with Gasteiger partial charge in [0.05, 0.1) is 0 Å². The topological polar surface area (TPSA) is 15.3 Å². The molecule has 2 nitrogen and oxygen atoms in total. The van der Waals surface area contributed by atoms with Crippen LogP contribution in [0.1, 0.15) is 19.4 Å². The van der Waals surface area contributed by atoms with E-state index in [1.807, 2.05) is 12.1 Å². The van der Waals surface area contributed by atoms with Gasteiger partial charge in [0, 0.05) is 37.3 Å². The van der Waals surface area contributed by atoms with E-state index < -0.39 is 0 Å². The first-order valence-electron chi connectivity index (χ1n) is 5.87. The summed E-state index contributed by atoms with van der Waals surface area (Å²) in [6.07, 6.45) is 0. The minimum atomic E-state index is -0.0964. The zero-order chi connectivity index (χ0) is 11.5. The van der Waals surface area contributed by atoms with Crippen LogP contribution >= 0.6 is 0 Å². The van der Waals surface area contributed by atoms with Crippen molar-refractivity contribution in [2.45, 2.75) is 32.5 Å². The molecule has 1 aliphatic rings. The molecule has 1 N–H and O–H groups in total. The first-order valence-corrected chi connectivity index (χ1v) is 5.87. The van der Waals surface area contributed by atoms with Crippen molar-refractivity contribution in [1.29, 1.82) is 0 Å². The van der Waals surface area contributed by atoms with Crippen LogP contribution in [0.3, 0.4) is 0 Å². The fraction of sp³-hybridized carbons (Fsp3) is 0.538. The molecule has 0 aliphatic carbocycles. The van der Waals surface area contributed by atoms with Gasteiger partial charge < -0.3 is 5.32 Å². The Kier molecular flexibility index (Phi) is 3.56. The predicted octanol–water partition coefficient (Wildman–Crippen LogP) is 2.01. The van der Waals surface area contributed by atoms with Gasteiger partial charge in [-0.3, -0.25) is 4.90 Å². The molecule has 1 heterocycles. The average Bonchev–Trinajstić information content (AvgIpc) is 2.27. The van der Waals surface area contributed by atoms with E-state index in [1.54, 1.807) is 6.07 Å². The highest BCUT2D eigenvalue weighted by molar-refractivity contribution is 5.17. The van der Waals surface area contributed by atoms with Crippen molar-refractivity contribution in [2.75, 3.05) is 13.1 Å². The molecule has 2 rings (SSSR count). The highest BCUT2D eigenvalue weighted by Crippen LogP contribution is 2.14. The van der Waals surface area contributed by atoms with Crippen LogP contribution in [0.2, 0.25) is 0 Å². The highest BCUT2D eigenvalue weighted by Gasteiger charge is 2.22. The largest absolute Gasteiger partial charge is 0.311 e. The van der Waals surface area contributed by atoms with E-state index in [-0.39, 0.29) is 5.82 Å². The molecule has 0 saturated carbocycles. The van der Waals surface area contributed by atoms with E-state index in [0.29, 0.717) is 18.6 Å². The molecular weight excluding hydrogens is 203 g/mol. The summed E-state index contributed by atoms with van der Waals surface area (Å²) in [5, 5.41) is 3.43. The average molecular weight is 222 g/mol. The van der Waals surface area contributed by atoms with Gasteiger partial charge in [0.2, 0.25) is 0 Å². The quantitative estimate of drug-likeness (QED) is 0.823. The van der Waals surface area contributed by atoms with Gasteiger partial charge in [0.15, 0.2) is 0 Å². The lowest BCUT2D eigenvalue weighted by Gasteiger charge is -2.37. The van der Waals surface area contributed by atoms with E-state index in [0.717, 1.165) is 18.7 Å². The van der Waals surface area contributed by atoms with E-state index in [2.05, 4.69) is 24.1 Å². The predicted molar refractivity (Wildman–Crippen MR) is 63.7 cm³/mol. The van der Waals surface area contributed by atoms with Crippen LogP contribution in [0.5, 0.6) is 0 Å². The second-order valence-electron chi connectivity index (χ2n) is 4.68. The zero-order valence-corrected chi connectivity index (χ0v) is 9.91. The number of benzene rings is 1. The number of hydrogen-bond acceptors (Lipinski definition) is 2. The van der Waals surface area contributed by atoms with Crippen LogP contribution in [0, 0.1) is 5.82 Å². The van der Waals surface area contributed by atoms with E-state index in [9.17, 15) is 4.39 Å². The van der Waals surface area contributed by atoms with E-state index in [1.165, 1.54) is 6.07 Å². The number of halogens is 1. The van der Waals surface area contributed by atoms with Crippen LogP contribution < -0.4 is 5.32 Å². The third-order valence-electron chi connectivity index (χ3n) is 3.22. The standard InChI is InChI=1S/C13H19FN2/c1-10-8-16(11(2)7-15-10)9-12-5-3-4-6-13(12)14/h3-6,10-11,15H,7-9H2,1-2H3/t10?,11-/m1/s1. The third-order valence-corrected chi connectivity index (χ3v) is 3.22. The molecule has 2 atom stereocenters. The fourth-order valence-corrected chi connectivity index (χ4v) is 2.16. The lowest BCUT2D eigenvalue weighted by molar-refractivity contribution is 0.137. The Bertz CT molecular complexity index is 354. The molecule has 1 aliphatic heterocycles. The van der Waals surface area contributed by atoms with Crippen molar-refractivity contribution in [3.8, 4) is 0 Å². The van der Waals surface area contributed by atoms with Gasteiger partial charge in [-0.2, -0.15) is 0 Å². The second-order valence-corrected chi connectivity index (χ2v) is 4.68. The third kappa shape index (κ3) is 2.60. The van der Waals surface area contributed by atoms with Crippen molar-refractivity contribution < 1.29 is 4.39 Å². The van der Waals surface area contributed by atoms with Gasteiger partial charge in [-0.15, -0.1) is 0 Å². The van der Waals surface area contributed by atoms with Gasteiger partial charge >= 0.3 is 0 Å². The summed E-state index contributed by atoms with van der Waals surface area (Å²) in [4.78, 5) is 2.33. The number of rotatable bonds is 2. The summed E-state index contributed by atoms with van der Waals surface area (Å²) in [5.74, 6) is -0.0964. The first kappa shape index (κ1) is 11.6. The van der Waals surface area contributed by atoms with Gasteiger partial charge in [-0.05, 0) is 19.9 Å². The van der Waals surface area contributed by atoms with Crippen molar-refractivity contribution in [2.24, 2.45) is 0 Å². The summed E-state index contributed by atoms with van der Waals surface area (Å²) in [7, 11) is 0. The molecule has 88 valence electrons. The first-order chi connectivity index (χ1) is 7.66. The van der Waals surface area contributed by atoms with Crippen LogP contribution in [0.25, 0.3) is 0 Å². The molecule has 0 radical (unpaired) electrons. The molecule has 0 aromatic heterocycles.